The van der Waals surface area contributed by atoms with Crippen LogP contribution in [0.15, 0.2) is 156 Å². The summed E-state index contributed by atoms with van der Waals surface area (Å²) in [5.41, 5.74) is 15.4. The van der Waals surface area contributed by atoms with Crippen LogP contribution in [0.3, 0.4) is 0 Å². The number of fused-ring (bicyclic) bond motifs is 4. The van der Waals surface area contributed by atoms with Crippen molar-refractivity contribution in [1.82, 2.24) is 24.5 Å². The molecule has 5 aromatic heterocycles. The van der Waals surface area contributed by atoms with Gasteiger partial charge in [0.25, 0.3) is 0 Å². The first kappa shape index (κ1) is 43.7. The maximum Gasteiger partial charge on any atom is 0 e. The van der Waals surface area contributed by atoms with Crippen LogP contribution in [-0.2, 0) is 26.7 Å². The largest absolute Gasteiger partial charge is 0 e. The van der Waals surface area contributed by atoms with Crippen LogP contribution >= 0.6 is 0 Å². The third kappa shape index (κ3) is 8.96. The van der Waals surface area contributed by atoms with Crippen molar-refractivity contribution >= 4 is 50.8 Å². The second kappa shape index (κ2) is 18.4. The minimum Gasteiger partial charge on any atom is 0 e. The Hall–Kier alpha value is -5.99. The number of benzene rings is 5. The molecular weight excluding hydrogens is 1010 g/mol. The summed E-state index contributed by atoms with van der Waals surface area (Å²) in [4.78, 5) is 19.6. The predicted octanol–water partition coefficient (Wildman–Crippen LogP) is 13.4. The van der Waals surface area contributed by atoms with E-state index in [1.165, 1.54) is 32.2 Å². The van der Waals surface area contributed by atoms with Crippen LogP contribution in [0.2, 0.25) is 17.3 Å². The topological polar surface area (TPSA) is 69.6 Å². The molecule has 0 unspecified atom stereocenters. The number of hydrogen-bond donors (Lipinski definition) is 0. The van der Waals surface area contributed by atoms with Gasteiger partial charge < -0.3 is 8.98 Å². The molecular formula is C55H49GeIrN5O-2. The van der Waals surface area contributed by atoms with Gasteiger partial charge in [-0.1, -0.05) is 73.3 Å². The molecule has 0 amide bonds. The van der Waals surface area contributed by atoms with E-state index in [2.05, 4.69) is 171 Å². The second-order valence-electron chi connectivity index (χ2n) is 17.3. The fraction of sp³-hybridized carbons (Fsp3) is 0.164. The van der Waals surface area contributed by atoms with Crippen LogP contribution in [0, 0.1) is 26.0 Å². The van der Waals surface area contributed by atoms with Crippen molar-refractivity contribution in [2.75, 3.05) is 0 Å². The fourth-order valence-corrected chi connectivity index (χ4v) is 11.3. The zero-order chi connectivity index (χ0) is 43.0. The molecule has 0 bridgehead atoms. The Morgan fingerprint density at radius 2 is 1.41 bits per heavy atom. The number of rotatable bonds is 8. The Morgan fingerprint density at radius 3 is 2.11 bits per heavy atom. The van der Waals surface area contributed by atoms with Crippen molar-refractivity contribution in [3.05, 3.63) is 186 Å². The monoisotopic (exact) mass is 1060 g/mol. The number of furan rings is 1. The van der Waals surface area contributed by atoms with E-state index in [1.54, 1.807) is 0 Å². The van der Waals surface area contributed by atoms with Crippen LogP contribution in [-0.4, -0.2) is 37.8 Å². The Labute approximate surface area is 386 Å². The Bertz CT molecular complexity index is 3170. The average molecular weight is 1060 g/mol. The van der Waals surface area contributed by atoms with E-state index in [4.69, 9.17) is 24.4 Å². The number of aromatic nitrogens is 5. The number of imidazole rings is 1. The first-order valence-electron chi connectivity index (χ1n) is 21.3. The third-order valence-corrected chi connectivity index (χ3v) is 15.7. The van der Waals surface area contributed by atoms with E-state index in [0.717, 1.165) is 67.0 Å². The van der Waals surface area contributed by atoms with E-state index in [-0.39, 0.29) is 20.1 Å². The summed E-state index contributed by atoms with van der Waals surface area (Å²) in [5, 5.41) is 1.98. The minimum atomic E-state index is -1.99. The summed E-state index contributed by atoms with van der Waals surface area (Å²) >= 11 is -1.99. The molecule has 6 nitrogen and oxygen atoms in total. The van der Waals surface area contributed by atoms with Gasteiger partial charge in [0.15, 0.2) is 0 Å². The first-order valence-corrected chi connectivity index (χ1v) is 28.6. The Balaban J connectivity index is 0.000000201. The third-order valence-electron chi connectivity index (χ3n) is 11.5. The molecule has 0 aliphatic heterocycles. The van der Waals surface area contributed by atoms with Crippen molar-refractivity contribution in [1.29, 1.82) is 0 Å². The molecule has 0 fully saturated rings. The summed E-state index contributed by atoms with van der Waals surface area (Å²) < 4.78 is 10.2. The van der Waals surface area contributed by atoms with Crippen LogP contribution in [0.5, 0.6) is 0 Å². The van der Waals surface area contributed by atoms with Crippen molar-refractivity contribution in [2.24, 2.45) is 0 Å². The molecule has 5 heterocycles. The van der Waals surface area contributed by atoms with Crippen LogP contribution < -0.4 is 4.40 Å². The summed E-state index contributed by atoms with van der Waals surface area (Å²) in [6, 6.07) is 54.7. The smallest absolute Gasteiger partial charge is 0 e. The van der Waals surface area contributed by atoms with Crippen molar-refractivity contribution < 1.29 is 24.5 Å². The molecule has 10 aromatic rings. The van der Waals surface area contributed by atoms with Gasteiger partial charge in [-0.25, -0.2) is 4.98 Å². The number of pyridine rings is 3. The molecule has 10 rings (SSSR count). The fourth-order valence-electron chi connectivity index (χ4n) is 8.23. The zero-order valence-electron chi connectivity index (χ0n) is 36.7. The van der Waals surface area contributed by atoms with Crippen molar-refractivity contribution in [3.8, 4) is 45.0 Å². The molecule has 0 spiro atoms. The zero-order valence-corrected chi connectivity index (χ0v) is 41.2. The number of nitrogens with zero attached hydrogens (tertiary/aromatic N) is 5. The molecule has 1 radical (unpaired) electrons. The number of hydrogen-bond acceptors (Lipinski definition) is 5. The summed E-state index contributed by atoms with van der Waals surface area (Å²) in [6.45, 7) is 9.21. The molecule has 0 aliphatic rings. The Kier molecular flexibility index (Phi) is 12.7. The van der Waals surface area contributed by atoms with Crippen LogP contribution in [0.1, 0.15) is 42.1 Å². The maximum absolute atomic E-state index is 6.53. The van der Waals surface area contributed by atoms with Gasteiger partial charge in [-0.05, 0) is 54.7 Å². The van der Waals surface area contributed by atoms with Gasteiger partial charge >= 0.3 is 135 Å². The second-order valence-corrected chi connectivity index (χ2v) is 27.9. The van der Waals surface area contributed by atoms with Gasteiger partial charge in [0.05, 0.1) is 34.3 Å². The van der Waals surface area contributed by atoms with Crippen LogP contribution in [0.4, 0.5) is 0 Å². The molecule has 8 heteroatoms. The van der Waals surface area contributed by atoms with E-state index < -0.39 is 13.3 Å². The van der Waals surface area contributed by atoms with E-state index in [0.29, 0.717) is 18.2 Å². The molecule has 315 valence electrons. The van der Waals surface area contributed by atoms with Gasteiger partial charge in [0.2, 0.25) is 5.71 Å². The standard InChI is InChI=1S/C35H29N4O.C20H20GeN.Ir/c1-21(2)29-18-30-31(19-36-29)39(20-24-12-6-5-7-13-24)34(37-30)27-15-9-14-25-26-16-17-28(38-35(26)40-33(25)27)32-22(3)10-8-11-23(32)4;1-21(2,3)19-15-22-20(17-12-8-5-9-13-17)14-18(19)16-10-6-4-7-11-16;/h5-14,16-19,21H,20H2,1-4H3;4-12,14-15H,1-3H3;/q2*-1;. The van der Waals surface area contributed by atoms with Gasteiger partial charge in [0, 0.05) is 43.3 Å². The molecule has 0 saturated carbocycles. The quantitative estimate of drug-likeness (QED) is 0.112. The first-order chi connectivity index (χ1) is 30.0. The summed E-state index contributed by atoms with van der Waals surface area (Å²) in [7, 11) is 0. The molecule has 0 N–H and O–H groups in total. The SMILES string of the molecule is Cc1cccc(C)c1-c1ccc2c(n1)oc1c(-c3nc4cc(C(C)C)ncc4n3Cc3ccccc3)[c-]ccc12.[CH3][Ge]([CH3])([CH3])[c]1cnc(-c2[c-]cccc2)cc1-c1ccccc1.[Ir]. The molecule has 63 heavy (non-hydrogen) atoms. The average Bonchev–Trinajstić information content (AvgIpc) is 3.84. The van der Waals surface area contributed by atoms with Gasteiger partial charge in [-0.2, -0.15) is 0 Å². The van der Waals surface area contributed by atoms with E-state index in [1.807, 2.05) is 42.6 Å². The van der Waals surface area contributed by atoms with Crippen molar-refractivity contribution in [3.63, 3.8) is 0 Å². The summed E-state index contributed by atoms with van der Waals surface area (Å²) in [6.07, 6.45) is 4.04. The maximum atomic E-state index is 6.53. The molecule has 0 saturated heterocycles. The predicted molar refractivity (Wildman–Crippen MR) is 258 cm³/mol. The number of aryl methyl sites for hydroxylation is 2. The Morgan fingerprint density at radius 1 is 0.683 bits per heavy atom. The van der Waals surface area contributed by atoms with Gasteiger partial charge in [-0.3, -0.25) is 9.97 Å². The normalized spacial score (nSPS) is 11.5. The van der Waals surface area contributed by atoms with E-state index >= 15 is 0 Å². The molecule has 5 aromatic carbocycles. The van der Waals surface area contributed by atoms with Gasteiger partial charge in [0.1, 0.15) is 0 Å². The van der Waals surface area contributed by atoms with E-state index in [9.17, 15) is 0 Å². The minimum absolute atomic E-state index is 0. The van der Waals surface area contributed by atoms with Crippen molar-refractivity contribution in [2.45, 2.75) is 57.4 Å². The summed E-state index contributed by atoms with van der Waals surface area (Å²) in [5.74, 6) is 8.36. The van der Waals surface area contributed by atoms with Crippen LogP contribution in [0.25, 0.3) is 78.1 Å². The molecule has 0 atom stereocenters. The molecule has 0 aliphatic carbocycles. The van der Waals surface area contributed by atoms with Gasteiger partial charge in [-0.15, -0.1) is 18.2 Å².